The van der Waals surface area contributed by atoms with Crippen molar-refractivity contribution in [3.05, 3.63) is 39.9 Å². The molecule has 1 aliphatic carbocycles. The SMILES string of the molecule is C[C@H]1CCC[C@@H]([C@@H](O)c2ccc([N+](=O)[O-])cc2)C1=O. The highest BCUT2D eigenvalue weighted by atomic mass is 16.6. The Balaban J connectivity index is 2.16. The Labute approximate surface area is 111 Å². The molecular weight excluding hydrogens is 246 g/mol. The minimum absolute atomic E-state index is 0.00792. The van der Waals surface area contributed by atoms with E-state index in [0.717, 1.165) is 12.8 Å². The number of hydrogen-bond acceptors (Lipinski definition) is 4. The fraction of sp³-hybridized carbons (Fsp3) is 0.500. The minimum Gasteiger partial charge on any atom is -0.388 e. The Morgan fingerprint density at radius 2 is 1.95 bits per heavy atom. The Bertz CT molecular complexity index is 483. The van der Waals surface area contributed by atoms with Gasteiger partial charge in [0.2, 0.25) is 0 Å². The van der Waals surface area contributed by atoms with Gasteiger partial charge in [0.1, 0.15) is 5.78 Å². The Morgan fingerprint density at radius 1 is 1.32 bits per heavy atom. The first kappa shape index (κ1) is 13.7. The monoisotopic (exact) mass is 263 g/mol. The van der Waals surface area contributed by atoms with Gasteiger partial charge in [-0.05, 0) is 30.5 Å². The largest absolute Gasteiger partial charge is 0.388 e. The summed E-state index contributed by atoms with van der Waals surface area (Å²) in [6, 6.07) is 5.76. The van der Waals surface area contributed by atoms with Crippen LogP contribution >= 0.6 is 0 Å². The quantitative estimate of drug-likeness (QED) is 0.671. The third kappa shape index (κ3) is 2.81. The van der Waals surface area contributed by atoms with E-state index in [9.17, 15) is 20.0 Å². The van der Waals surface area contributed by atoms with Crippen LogP contribution in [0.5, 0.6) is 0 Å². The second-order valence-electron chi connectivity index (χ2n) is 5.13. The number of aliphatic hydroxyl groups is 1. The van der Waals surface area contributed by atoms with Crippen molar-refractivity contribution in [1.29, 1.82) is 0 Å². The second kappa shape index (κ2) is 5.48. The summed E-state index contributed by atoms with van der Waals surface area (Å²) in [5, 5.41) is 20.8. The normalized spacial score (nSPS) is 25.1. The van der Waals surface area contributed by atoms with Gasteiger partial charge in [-0.25, -0.2) is 0 Å². The van der Waals surface area contributed by atoms with Gasteiger partial charge in [0.15, 0.2) is 0 Å². The zero-order valence-electron chi connectivity index (χ0n) is 10.8. The lowest BCUT2D eigenvalue weighted by Crippen LogP contribution is -2.31. The molecule has 1 saturated carbocycles. The van der Waals surface area contributed by atoms with E-state index in [0.29, 0.717) is 12.0 Å². The van der Waals surface area contributed by atoms with Gasteiger partial charge in [0, 0.05) is 24.0 Å². The van der Waals surface area contributed by atoms with Crippen molar-refractivity contribution >= 4 is 11.5 Å². The maximum atomic E-state index is 12.0. The molecule has 0 aliphatic heterocycles. The number of Topliss-reactive ketones (excluding diaryl/α,β-unsaturated/α-hetero) is 1. The molecule has 0 saturated heterocycles. The van der Waals surface area contributed by atoms with Crippen LogP contribution in [-0.4, -0.2) is 15.8 Å². The molecule has 0 aromatic heterocycles. The van der Waals surface area contributed by atoms with E-state index in [-0.39, 0.29) is 23.3 Å². The van der Waals surface area contributed by atoms with Crippen molar-refractivity contribution in [2.24, 2.45) is 11.8 Å². The summed E-state index contributed by atoms with van der Waals surface area (Å²) in [5.74, 6) is -0.297. The predicted octanol–water partition coefficient (Wildman–Crippen LogP) is 2.63. The molecule has 0 amide bonds. The van der Waals surface area contributed by atoms with Crippen molar-refractivity contribution in [2.45, 2.75) is 32.3 Å². The fourth-order valence-corrected chi connectivity index (χ4v) is 2.63. The third-order valence-corrected chi connectivity index (χ3v) is 3.83. The van der Waals surface area contributed by atoms with Crippen LogP contribution in [0, 0.1) is 22.0 Å². The number of aliphatic hydroxyl groups excluding tert-OH is 1. The van der Waals surface area contributed by atoms with Crippen LogP contribution in [0.15, 0.2) is 24.3 Å². The lowest BCUT2D eigenvalue weighted by Gasteiger charge is -2.29. The average Bonchev–Trinajstić information content (AvgIpc) is 2.41. The number of benzene rings is 1. The van der Waals surface area contributed by atoms with Crippen molar-refractivity contribution in [3.63, 3.8) is 0 Å². The summed E-state index contributed by atoms with van der Waals surface area (Å²) in [5.41, 5.74) is 0.553. The van der Waals surface area contributed by atoms with Crippen LogP contribution in [0.25, 0.3) is 0 Å². The van der Waals surface area contributed by atoms with Crippen LogP contribution in [0.4, 0.5) is 5.69 Å². The number of carbonyl (C=O) groups excluding carboxylic acids is 1. The maximum Gasteiger partial charge on any atom is 0.269 e. The van der Waals surface area contributed by atoms with Crippen molar-refractivity contribution in [3.8, 4) is 0 Å². The number of nitro benzene ring substituents is 1. The minimum atomic E-state index is -0.865. The Morgan fingerprint density at radius 3 is 2.53 bits per heavy atom. The van der Waals surface area contributed by atoms with E-state index in [2.05, 4.69) is 0 Å². The number of hydrogen-bond donors (Lipinski definition) is 1. The molecule has 5 nitrogen and oxygen atoms in total. The van der Waals surface area contributed by atoms with Crippen LogP contribution in [-0.2, 0) is 4.79 Å². The topological polar surface area (TPSA) is 80.4 Å². The van der Waals surface area contributed by atoms with E-state index in [1.165, 1.54) is 24.3 Å². The molecule has 0 spiro atoms. The molecule has 3 atom stereocenters. The molecule has 1 aromatic rings. The molecule has 19 heavy (non-hydrogen) atoms. The number of non-ortho nitro benzene ring substituents is 1. The molecule has 1 N–H and O–H groups in total. The average molecular weight is 263 g/mol. The Kier molecular flexibility index (Phi) is 3.95. The van der Waals surface area contributed by atoms with E-state index in [1.807, 2.05) is 6.92 Å². The zero-order chi connectivity index (χ0) is 14.0. The van der Waals surface area contributed by atoms with Crippen LogP contribution in [0.3, 0.4) is 0 Å². The van der Waals surface area contributed by atoms with Crippen molar-refractivity contribution < 1.29 is 14.8 Å². The van der Waals surface area contributed by atoms with Crippen LogP contribution in [0.1, 0.15) is 37.9 Å². The molecule has 0 bridgehead atoms. The van der Waals surface area contributed by atoms with E-state index < -0.39 is 11.0 Å². The lowest BCUT2D eigenvalue weighted by molar-refractivity contribution is -0.384. The molecular formula is C14H17NO4. The van der Waals surface area contributed by atoms with Gasteiger partial charge in [-0.3, -0.25) is 14.9 Å². The smallest absolute Gasteiger partial charge is 0.269 e. The van der Waals surface area contributed by atoms with Gasteiger partial charge in [0.25, 0.3) is 5.69 Å². The molecule has 0 radical (unpaired) electrons. The molecule has 102 valence electrons. The molecule has 1 aliphatic rings. The van der Waals surface area contributed by atoms with Gasteiger partial charge in [0.05, 0.1) is 11.0 Å². The second-order valence-corrected chi connectivity index (χ2v) is 5.13. The summed E-state index contributed by atoms with van der Waals surface area (Å²) >= 11 is 0. The summed E-state index contributed by atoms with van der Waals surface area (Å²) in [4.78, 5) is 22.1. The highest BCUT2D eigenvalue weighted by Gasteiger charge is 2.34. The van der Waals surface area contributed by atoms with Gasteiger partial charge in [-0.15, -0.1) is 0 Å². The van der Waals surface area contributed by atoms with Crippen molar-refractivity contribution in [2.75, 3.05) is 0 Å². The van der Waals surface area contributed by atoms with Gasteiger partial charge >= 0.3 is 0 Å². The first-order valence-corrected chi connectivity index (χ1v) is 6.47. The lowest BCUT2D eigenvalue weighted by atomic mass is 9.77. The maximum absolute atomic E-state index is 12.0. The summed E-state index contributed by atoms with van der Waals surface area (Å²) < 4.78 is 0. The molecule has 2 rings (SSSR count). The Hall–Kier alpha value is -1.75. The van der Waals surface area contributed by atoms with Gasteiger partial charge in [-0.1, -0.05) is 13.3 Å². The van der Waals surface area contributed by atoms with Crippen LogP contribution < -0.4 is 0 Å². The standard InChI is InChI=1S/C14H17NO4/c1-9-3-2-4-12(13(9)16)14(17)10-5-7-11(8-6-10)15(18)19/h5-9,12,14,17H,2-4H2,1H3/t9-,12+,14-/m0/s1. The van der Waals surface area contributed by atoms with Crippen LogP contribution in [0.2, 0.25) is 0 Å². The van der Waals surface area contributed by atoms with E-state index in [1.54, 1.807) is 0 Å². The van der Waals surface area contributed by atoms with Crippen molar-refractivity contribution in [1.82, 2.24) is 0 Å². The molecule has 1 fully saturated rings. The van der Waals surface area contributed by atoms with Gasteiger partial charge in [-0.2, -0.15) is 0 Å². The molecule has 0 unspecified atom stereocenters. The number of ketones is 1. The fourth-order valence-electron chi connectivity index (χ4n) is 2.63. The molecule has 0 heterocycles. The molecule has 5 heteroatoms. The highest BCUT2D eigenvalue weighted by Crippen LogP contribution is 2.34. The summed E-state index contributed by atoms with van der Waals surface area (Å²) in [7, 11) is 0. The number of rotatable bonds is 3. The van der Waals surface area contributed by atoms with E-state index in [4.69, 9.17) is 0 Å². The summed E-state index contributed by atoms with van der Waals surface area (Å²) in [6.45, 7) is 1.89. The predicted molar refractivity (Wildman–Crippen MR) is 69.6 cm³/mol. The highest BCUT2D eigenvalue weighted by molar-refractivity contribution is 5.84. The first-order chi connectivity index (χ1) is 9.00. The number of nitrogens with zero attached hydrogens (tertiary/aromatic N) is 1. The summed E-state index contributed by atoms with van der Waals surface area (Å²) in [6.07, 6.45) is 1.63. The number of carbonyl (C=O) groups is 1. The number of nitro groups is 1. The first-order valence-electron chi connectivity index (χ1n) is 6.47. The third-order valence-electron chi connectivity index (χ3n) is 3.83. The zero-order valence-corrected chi connectivity index (χ0v) is 10.8. The molecule has 1 aromatic carbocycles. The van der Waals surface area contributed by atoms with Gasteiger partial charge < -0.3 is 5.11 Å². The van der Waals surface area contributed by atoms with E-state index >= 15 is 0 Å².